The lowest BCUT2D eigenvalue weighted by molar-refractivity contribution is -0.127. The van der Waals surface area contributed by atoms with E-state index in [4.69, 9.17) is 0 Å². The van der Waals surface area contributed by atoms with Crippen molar-refractivity contribution in [2.24, 2.45) is 29.1 Å². The first-order valence-corrected chi connectivity index (χ1v) is 14.5. The summed E-state index contributed by atoms with van der Waals surface area (Å²) in [5, 5.41) is 11.5. The highest BCUT2D eigenvalue weighted by molar-refractivity contribution is 7.99. The number of fused-ring (bicyclic) bond motifs is 2. The van der Waals surface area contributed by atoms with Crippen molar-refractivity contribution >= 4 is 23.1 Å². The fourth-order valence-corrected chi connectivity index (χ4v) is 9.71. The first kappa shape index (κ1) is 21.8. The number of hydrogen-bond acceptors (Lipinski definition) is 4. The zero-order valence-electron chi connectivity index (χ0n) is 20.2. The first-order valence-electron chi connectivity index (χ1n) is 13.7. The normalized spacial score (nSPS) is 33.6. The number of benzene rings is 2. The highest BCUT2D eigenvalue weighted by Crippen LogP contribution is 2.61. The Balaban J connectivity index is 0.999. The SMILES string of the molecule is OC(CN1CCC(CN2c3ccccc3Sc3ccccc32)CC1)C12CC3CC(CC(C3)C1)C2. The molecular weight excluding hydrogens is 436 g/mol. The van der Waals surface area contributed by atoms with Crippen molar-refractivity contribution in [3.8, 4) is 0 Å². The summed E-state index contributed by atoms with van der Waals surface area (Å²) in [6.07, 6.45) is 10.7. The summed E-state index contributed by atoms with van der Waals surface area (Å²) in [5.41, 5.74) is 2.99. The van der Waals surface area contributed by atoms with Gasteiger partial charge < -0.3 is 14.9 Å². The van der Waals surface area contributed by atoms with E-state index in [-0.39, 0.29) is 11.5 Å². The number of β-amino-alcohol motifs (C(OH)–C–C–N with tert-alkyl or cyclic N) is 1. The van der Waals surface area contributed by atoms with Crippen LogP contribution in [0.4, 0.5) is 11.4 Å². The van der Waals surface area contributed by atoms with Gasteiger partial charge in [-0.1, -0.05) is 36.0 Å². The van der Waals surface area contributed by atoms with Crippen molar-refractivity contribution in [2.75, 3.05) is 31.1 Å². The molecule has 3 nitrogen and oxygen atoms in total. The number of aliphatic hydroxyl groups excluding tert-OH is 1. The van der Waals surface area contributed by atoms with Crippen molar-refractivity contribution in [1.29, 1.82) is 0 Å². The van der Waals surface area contributed by atoms with Gasteiger partial charge in [-0.05, 0) is 118 Å². The van der Waals surface area contributed by atoms with Crippen molar-refractivity contribution in [2.45, 2.75) is 67.3 Å². The smallest absolute Gasteiger partial charge is 0.0723 e. The van der Waals surface area contributed by atoms with Crippen molar-refractivity contribution < 1.29 is 5.11 Å². The molecule has 0 radical (unpaired) electrons. The third kappa shape index (κ3) is 3.81. The van der Waals surface area contributed by atoms with Gasteiger partial charge in [-0.25, -0.2) is 0 Å². The average Bonchev–Trinajstić information content (AvgIpc) is 2.84. The van der Waals surface area contributed by atoms with Crippen LogP contribution in [0.3, 0.4) is 0 Å². The molecule has 2 heterocycles. The molecule has 0 amide bonds. The molecule has 2 aromatic rings. The van der Waals surface area contributed by atoms with E-state index in [0.717, 1.165) is 43.9 Å². The number of piperidine rings is 1. The van der Waals surface area contributed by atoms with Gasteiger partial charge in [0.15, 0.2) is 0 Å². The minimum Gasteiger partial charge on any atom is -0.391 e. The van der Waals surface area contributed by atoms with E-state index in [1.165, 1.54) is 72.5 Å². The molecule has 0 aromatic heterocycles. The average molecular weight is 475 g/mol. The molecule has 8 rings (SSSR count). The van der Waals surface area contributed by atoms with Crippen LogP contribution in [-0.2, 0) is 0 Å². The summed E-state index contributed by atoms with van der Waals surface area (Å²) < 4.78 is 0. The summed E-state index contributed by atoms with van der Waals surface area (Å²) >= 11 is 1.90. The van der Waals surface area contributed by atoms with Crippen LogP contribution in [-0.4, -0.2) is 42.3 Å². The number of aliphatic hydroxyl groups is 1. The zero-order valence-corrected chi connectivity index (χ0v) is 21.1. The Morgan fingerprint density at radius 1 is 0.824 bits per heavy atom. The maximum Gasteiger partial charge on any atom is 0.0723 e. The van der Waals surface area contributed by atoms with Crippen molar-refractivity contribution in [3.63, 3.8) is 0 Å². The standard InChI is InChI=1S/C30H38N2OS/c33-29(30-16-22-13-23(17-30)15-24(14-22)18-30)20-31-11-9-21(10-12-31)19-32-25-5-1-3-7-27(25)34-28-8-4-2-6-26(28)32/h1-8,21-24,29,33H,9-20H2. The Morgan fingerprint density at radius 2 is 1.35 bits per heavy atom. The topological polar surface area (TPSA) is 26.7 Å². The van der Waals surface area contributed by atoms with E-state index in [0.29, 0.717) is 5.92 Å². The van der Waals surface area contributed by atoms with E-state index in [1.807, 2.05) is 11.8 Å². The lowest BCUT2D eigenvalue weighted by atomic mass is 9.48. The van der Waals surface area contributed by atoms with E-state index in [1.54, 1.807) is 0 Å². The van der Waals surface area contributed by atoms with Gasteiger partial charge in [-0.3, -0.25) is 0 Å². The van der Waals surface area contributed by atoms with Gasteiger partial charge >= 0.3 is 0 Å². The Kier molecular flexibility index (Phi) is 5.48. The van der Waals surface area contributed by atoms with Gasteiger partial charge in [-0.15, -0.1) is 0 Å². The van der Waals surface area contributed by atoms with Crippen LogP contribution in [0.15, 0.2) is 58.3 Å². The second-order valence-corrected chi connectivity index (χ2v) is 13.3. The van der Waals surface area contributed by atoms with E-state index < -0.39 is 0 Å². The molecule has 4 bridgehead atoms. The Hall–Kier alpha value is -1.49. The highest BCUT2D eigenvalue weighted by Gasteiger charge is 2.54. The lowest BCUT2D eigenvalue weighted by Gasteiger charge is -2.59. The summed E-state index contributed by atoms with van der Waals surface area (Å²) in [5.74, 6) is 3.46. The molecule has 1 atom stereocenters. The van der Waals surface area contributed by atoms with Gasteiger partial charge in [0, 0.05) is 22.9 Å². The van der Waals surface area contributed by atoms with Gasteiger partial charge in [0.2, 0.25) is 0 Å². The Bertz CT molecular complexity index is 965. The number of anilines is 2. The van der Waals surface area contributed by atoms with Crippen LogP contribution >= 0.6 is 11.8 Å². The van der Waals surface area contributed by atoms with Gasteiger partial charge in [0.1, 0.15) is 0 Å². The predicted octanol–water partition coefficient (Wildman–Crippen LogP) is 6.58. The van der Waals surface area contributed by atoms with Gasteiger partial charge in [0.25, 0.3) is 0 Å². The molecule has 180 valence electrons. The van der Waals surface area contributed by atoms with Crippen molar-refractivity contribution in [3.05, 3.63) is 48.5 Å². The number of nitrogens with zero attached hydrogens (tertiary/aromatic N) is 2. The molecule has 4 aliphatic carbocycles. The zero-order chi connectivity index (χ0) is 22.7. The molecule has 1 saturated heterocycles. The molecule has 6 aliphatic rings. The van der Waals surface area contributed by atoms with Crippen molar-refractivity contribution in [1.82, 2.24) is 4.90 Å². The van der Waals surface area contributed by atoms with Crippen LogP contribution in [0, 0.1) is 29.1 Å². The summed E-state index contributed by atoms with van der Waals surface area (Å²) in [4.78, 5) is 7.91. The summed E-state index contributed by atoms with van der Waals surface area (Å²) in [7, 11) is 0. The third-order valence-electron chi connectivity index (χ3n) is 9.90. The van der Waals surface area contributed by atoms with Gasteiger partial charge in [-0.2, -0.15) is 0 Å². The fourth-order valence-electron chi connectivity index (χ4n) is 8.61. The number of para-hydroxylation sites is 2. The number of likely N-dealkylation sites (tertiary alicyclic amines) is 1. The van der Waals surface area contributed by atoms with Crippen LogP contribution < -0.4 is 4.90 Å². The highest BCUT2D eigenvalue weighted by atomic mass is 32.2. The molecule has 4 heteroatoms. The summed E-state index contributed by atoms with van der Waals surface area (Å²) in [6, 6.07) is 17.8. The minimum absolute atomic E-state index is 0.115. The summed E-state index contributed by atoms with van der Waals surface area (Å²) in [6.45, 7) is 4.28. The van der Waals surface area contributed by atoms with E-state index in [2.05, 4.69) is 58.3 Å². The quantitative estimate of drug-likeness (QED) is 0.530. The Morgan fingerprint density at radius 3 is 1.91 bits per heavy atom. The Labute approximate surface area is 208 Å². The van der Waals surface area contributed by atoms with Gasteiger partial charge in [0.05, 0.1) is 17.5 Å². The largest absolute Gasteiger partial charge is 0.391 e. The molecule has 2 aromatic carbocycles. The molecular formula is C30H38N2OS. The second kappa shape index (κ2) is 8.57. The van der Waals surface area contributed by atoms with E-state index >= 15 is 0 Å². The molecule has 1 unspecified atom stereocenters. The monoisotopic (exact) mass is 474 g/mol. The maximum absolute atomic E-state index is 11.5. The number of rotatable bonds is 5. The van der Waals surface area contributed by atoms with Crippen LogP contribution in [0.25, 0.3) is 0 Å². The lowest BCUT2D eigenvalue weighted by Crippen LogP contribution is -2.55. The molecule has 2 aliphatic heterocycles. The molecule has 5 fully saturated rings. The van der Waals surface area contributed by atoms with Crippen LogP contribution in [0.1, 0.15) is 51.4 Å². The molecule has 4 saturated carbocycles. The third-order valence-corrected chi connectivity index (χ3v) is 11.0. The fraction of sp³-hybridized carbons (Fsp3) is 0.600. The number of hydrogen-bond donors (Lipinski definition) is 1. The van der Waals surface area contributed by atoms with E-state index in [9.17, 15) is 5.11 Å². The minimum atomic E-state index is -0.115. The molecule has 34 heavy (non-hydrogen) atoms. The predicted molar refractivity (Wildman–Crippen MR) is 140 cm³/mol. The maximum atomic E-state index is 11.5. The molecule has 0 spiro atoms. The van der Waals surface area contributed by atoms with Crippen LogP contribution in [0.2, 0.25) is 0 Å². The molecule has 1 N–H and O–H groups in total. The first-order chi connectivity index (χ1) is 16.6. The second-order valence-electron chi connectivity index (χ2n) is 12.2. The van der Waals surface area contributed by atoms with Crippen LogP contribution in [0.5, 0.6) is 0 Å².